The Kier molecular flexibility index (Phi) is 11.3. The maximum atomic E-state index is 13.7. The summed E-state index contributed by atoms with van der Waals surface area (Å²) in [7, 11) is -2.44. The lowest BCUT2D eigenvalue weighted by atomic mass is 9.83. The quantitative estimate of drug-likeness (QED) is 0.155. The molecule has 0 radical (unpaired) electrons. The summed E-state index contributed by atoms with van der Waals surface area (Å²) in [4.78, 5) is 28.6. The van der Waals surface area contributed by atoms with E-state index in [1.807, 2.05) is 12.1 Å². The van der Waals surface area contributed by atoms with Gasteiger partial charge >= 0.3 is 5.97 Å². The molecule has 2 aromatic rings. The van der Waals surface area contributed by atoms with Gasteiger partial charge in [0.15, 0.2) is 0 Å². The molecule has 1 saturated heterocycles. The second kappa shape index (κ2) is 14.9. The lowest BCUT2D eigenvalue weighted by Crippen LogP contribution is -2.42. The van der Waals surface area contributed by atoms with Crippen LogP contribution >= 0.6 is 11.6 Å². The number of methoxy groups -OCH3 is 1. The first-order valence-corrected chi connectivity index (χ1v) is 16.2. The third-order valence-electron chi connectivity index (χ3n) is 7.56. The van der Waals surface area contributed by atoms with Crippen molar-refractivity contribution in [1.29, 1.82) is 0 Å². The molecular weight excluding hydrogens is 594 g/mol. The third kappa shape index (κ3) is 9.07. The predicted octanol–water partition coefficient (Wildman–Crippen LogP) is 5.27. The molecule has 11 heteroatoms. The number of carbonyl (C=O) groups is 2. The van der Waals surface area contributed by atoms with E-state index < -0.39 is 22.0 Å². The van der Waals surface area contributed by atoms with Crippen molar-refractivity contribution in [2.75, 3.05) is 26.0 Å². The van der Waals surface area contributed by atoms with Gasteiger partial charge in [0.1, 0.15) is 12.4 Å². The first-order chi connectivity index (χ1) is 20.6. The molecule has 2 heterocycles. The van der Waals surface area contributed by atoms with Gasteiger partial charge in [0.2, 0.25) is 5.91 Å². The Balaban J connectivity index is 1.49. The molecule has 0 saturated carbocycles. The maximum absolute atomic E-state index is 13.7. The Morgan fingerprint density at radius 1 is 1.19 bits per heavy atom. The predicted molar refractivity (Wildman–Crippen MR) is 162 cm³/mol. The largest absolute Gasteiger partial charge is 0.496 e. The van der Waals surface area contributed by atoms with Crippen LogP contribution in [-0.4, -0.2) is 61.9 Å². The van der Waals surface area contributed by atoms with Crippen LogP contribution in [0.1, 0.15) is 68.1 Å². The first kappa shape index (κ1) is 32.6. The number of hydrogen-bond donors (Lipinski definition) is 1. The molecular formula is C32H36ClNO8S. The van der Waals surface area contributed by atoms with Crippen molar-refractivity contribution in [3.63, 3.8) is 0 Å². The zero-order valence-corrected chi connectivity index (χ0v) is 25.9. The van der Waals surface area contributed by atoms with Gasteiger partial charge in [0.25, 0.3) is 10.1 Å². The van der Waals surface area contributed by atoms with Crippen LogP contribution in [0.2, 0.25) is 5.02 Å². The number of nitrogens with zero attached hydrogens (tertiary/aromatic N) is 1. The van der Waals surface area contributed by atoms with Crippen molar-refractivity contribution in [1.82, 2.24) is 4.90 Å². The Morgan fingerprint density at radius 3 is 2.63 bits per heavy atom. The van der Waals surface area contributed by atoms with Gasteiger partial charge in [0.05, 0.1) is 31.1 Å². The topological polar surface area (TPSA) is 119 Å². The summed E-state index contributed by atoms with van der Waals surface area (Å²) in [6, 6.07) is 12.5. The fraction of sp³-hybridized carbons (Fsp3) is 0.438. The Hall–Kier alpha value is -3.36. The number of benzene rings is 2. The van der Waals surface area contributed by atoms with E-state index in [0.717, 1.165) is 18.4 Å². The molecule has 43 heavy (non-hydrogen) atoms. The van der Waals surface area contributed by atoms with Crippen LogP contribution in [0.15, 0.2) is 53.7 Å². The molecule has 1 fully saturated rings. The fourth-order valence-corrected chi connectivity index (χ4v) is 5.99. The van der Waals surface area contributed by atoms with E-state index in [-0.39, 0.29) is 30.8 Å². The summed E-state index contributed by atoms with van der Waals surface area (Å²) in [6.07, 6.45) is 3.23. The minimum absolute atomic E-state index is 0.0465. The SMILES string of the molecule is COc1cc(C#CCCCCS(=O)(=O)O)ccc1COC(=O)C1=C(C)N(C[C@H]2CCCO2)C(=O)CC1c1ccc(Cl)cc1. The molecule has 0 spiro atoms. The average molecular weight is 630 g/mol. The number of allylic oxidation sites excluding steroid dienone is 1. The van der Waals surface area contributed by atoms with Gasteiger partial charge in [-0.1, -0.05) is 41.6 Å². The number of hydrogen-bond acceptors (Lipinski definition) is 7. The zero-order valence-electron chi connectivity index (χ0n) is 24.3. The van der Waals surface area contributed by atoms with Gasteiger partial charge in [-0.05, 0) is 62.4 Å². The molecule has 0 aromatic heterocycles. The van der Waals surface area contributed by atoms with Crippen molar-refractivity contribution in [2.24, 2.45) is 0 Å². The highest BCUT2D eigenvalue weighted by molar-refractivity contribution is 7.85. The van der Waals surface area contributed by atoms with Gasteiger partial charge in [-0.25, -0.2) is 4.79 Å². The highest BCUT2D eigenvalue weighted by atomic mass is 35.5. The van der Waals surface area contributed by atoms with E-state index in [1.165, 1.54) is 7.11 Å². The summed E-state index contributed by atoms with van der Waals surface area (Å²) >= 11 is 6.10. The highest BCUT2D eigenvalue weighted by Gasteiger charge is 2.38. The van der Waals surface area contributed by atoms with Gasteiger partial charge in [0, 0.05) is 47.2 Å². The smallest absolute Gasteiger partial charge is 0.336 e. The molecule has 1 amide bonds. The van der Waals surface area contributed by atoms with Crippen LogP contribution in [-0.2, 0) is 35.8 Å². The second-order valence-corrected chi connectivity index (χ2v) is 12.6. The number of rotatable bonds is 11. The first-order valence-electron chi connectivity index (χ1n) is 14.2. The van der Waals surface area contributed by atoms with Gasteiger partial charge in [-0.3, -0.25) is 9.35 Å². The van der Waals surface area contributed by atoms with Crippen LogP contribution in [0.3, 0.4) is 0 Å². The molecule has 2 atom stereocenters. The molecule has 1 unspecified atom stereocenters. The summed E-state index contributed by atoms with van der Waals surface area (Å²) in [5, 5.41) is 0.563. The lowest BCUT2D eigenvalue weighted by Gasteiger charge is -2.35. The standard InChI is InChI=1S/C32H36ClNO8S/c1-22-31(28(24-12-14-26(33)15-13-24)19-30(35)34(22)20-27-9-7-16-41-27)32(36)42-21-25-11-10-23(18-29(25)40-2)8-5-3-4-6-17-43(37,38)39/h10-15,18,27-28H,3-4,6-7,9,16-17,19-21H2,1-2H3,(H,37,38,39)/t27-,28?/m1/s1. The minimum Gasteiger partial charge on any atom is -0.496 e. The number of esters is 1. The van der Waals surface area contributed by atoms with E-state index in [0.29, 0.717) is 65.6 Å². The van der Waals surface area contributed by atoms with Gasteiger partial charge < -0.3 is 19.1 Å². The summed E-state index contributed by atoms with van der Waals surface area (Å²) in [5.74, 6) is 5.17. The van der Waals surface area contributed by atoms with Crippen LogP contribution in [0.5, 0.6) is 5.75 Å². The fourth-order valence-electron chi connectivity index (χ4n) is 5.30. The number of amides is 1. The van der Waals surface area contributed by atoms with E-state index in [4.69, 9.17) is 30.4 Å². The summed E-state index contributed by atoms with van der Waals surface area (Å²) in [6.45, 7) is 2.80. The van der Waals surface area contributed by atoms with Crippen LogP contribution < -0.4 is 4.74 Å². The molecule has 2 aliphatic heterocycles. The monoisotopic (exact) mass is 629 g/mol. The van der Waals surface area contributed by atoms with Crippen molar-refractivity contribution in [3.05, 3.63) is 75.4 Å². The van der Waals surface area contributed by atoms with Crippen molar-refractivity contribution >= 4 is 33.6 Å². The number of unbranched alkanes of at least 4 members (excludes halogenated alkanes) is 2. The highest BCUT2D eigenvalue weighted by Crippen LogP contribution is 2.38. The van der Waals surface area contributed by atoms with Crippen molar-refractivity contribution in [3.8, 4) is 17.6 Å². The van der Waals surface area contributed by atoms with Crippen LogP contribution in [0, 0.1) is 11.8 Å². The van der Waals surface area contributed by atoms with Gasteiger partial charge in [-0.2, -0.15) is 8.42 Å². The zero-order chi connectivity index (χ0) is 31.0. The van der Waals surface area contributed by atoms with Crippen molar-refractivity contribution < 1.29 is 36.8 Å². The number of ether oxygens (including phenoxy) is 3. The molecule has 2 aliphatic rings. The molecule has 1 N–H and O–H groups in total. The van der Waals surface area contributed by atoms with Crippen LogP contribution in [0.4, 0.5) is 0 Å². The summed E-state index contributed by atoms with van der Waals surface area (Å²) < 4.78 is 47.6. The lowest BCUT2D eigenvalue weighted by molar-refractivity contribution is -0.141. The van der Waals surface area contributed by atoms with E-state index in [1.54, 1.807) is 42.2 Å². The molecule has 230 valence electrons. The third-order valence-corrected chi connectivity index (χ3v) is 8.61. The molecule has 9 nitrogen and oxygen atoms in total. The Morgan fingerprint density at radius 2 is 1.95 bits per heavy atom. The van der Waals surface area contributed by atoms with Crippen LogP contribution in [0.25, 0.3) is 0 Å². The maximum Gasteiger partial charge on any atom is 0.336 e. The minimum atomic E-state index is -3.96. The van der Waals surface area contributed by atoms with E-state index in [2.05, 4.69) is 11.8 Å². The molecule has 0 bridgehead atoms. The Bertz CT molecular complexity index is 1520. The summed E-state index contributed by atoms with van der Waals surface area (Å²) in [5.41, 5.74) is 3.14. The van der Waals surface area contributed by atoms with Crippen molar-refractivity contribution in [2.45, 2.75) is 64.1 Å². The van der Waals surface area contributed by atoms with Gasteiger partial charge in [-0.15, -0.1) is 0 Å². The van der Waals surface area contributed by atoms with E-state index in [9.17, 15) is 18.0 Å². The normalized spacial score (nSPS) is 18.8. The Labute approximate surface area is 257 Å². The average Bonchev–Trinajstić information content (AvgIpc) is 3.49. The number of carbonyl (C=O) groups excluding carboxylic acids is 2. The number of halogens is 1. The molecule has 4 rings (SSSR count). The molecule has 2 aromatic carbocycles. The molecule has 0 aliphatic carbocycles. The van der Waals surface area contributed by atoms with E-state index >= 15 is 0 Å². The second-order valence-electron chi connectivity index (χ2n) is 10.6.